The highest BCUT2D eigenvalue weighted by atomic mass is 35.5. The van der Waals surface area contributed by atoms with E-state index >= 15 is 0 Å². The van der Waals surface area contributed by atoms with Crippen LogP contribution in [0.2, 0.25) is 0 Å². The molecule has 0 saturated heterocycles. The van der Waals surface area contributed by atoms with Crippen molar-refractivity contribution in [3.05, 3.63) is 83.7 Å². The fourth-order valence-corrected chi connectivity index (χ4v) is 3.35. The second-order valence-corrected chi connectivity index (χ2v) is 6.19. The van der Waals surface area contributed by atoms with Gasteiger partial charge in [0.2, 0.25) is 0 Å². The van der Waals surface area contributed by atoms with Crippen LogP contribution >= 0.6 is 12.4 Å². The van der Waals surface area contributed by atoms with Crippen molar-refractivity contribution in [3.63, 3.8) is 0 Å². The molecule has 0 unspecified atom stereocenters. The molecule has 7 heteroatoms. The summed E-state index contributed by atoms with van der Waals surface area (Å²) in [5.41, 5.74) is 4.88. The van der Waals surface area contributed by atoms with Crippen LogP contribution in [0, 0.1) is 0 Å². The average Bonchev–Trinajstić information content (AvgIpc) is 3.01. The predicted octanol–water partition coefficient (Wildman–Crippen LogP) is 4.56. The van der Waals surface area contributed by atoms with Crippen molar-refractivity contribution in [2.45, 2.75) is 5.92 Å². The Morgan fingerprint density at radius 3 is 2.11 bits per heavy atom. The first-order valence-corrected chi connectivity index (χ1v) is 8.45. The van der Waals surface area contributed by atoms with Crippen LogP contribution in [-0.2, 0) is 4.74 Å². The van der Waals surface area contributed by atoms with Gasteiger partial charge in [0.25, 0.3) is 0 Å². The van der Waals surface area contributed by atoms with Gasteiger partial charge in [0.1, 0.15) is 12.3 Å². The van der Waals surface area contributed by atoms with Crippen LogP contribution in [-0.4, -0.2) is 28.8 Å². The molecule has 0 bridgehead atoms. The lowest BCUT2D eigenvalue weighted by atomic mass is 9.98. The minimum atomic E-state index is -1.12. The van der Waals surface area contributed by atoms with Gasteiger partial charge in [-0.15, -0.1) is 12.4 Å². The Kier molecular flexibility index (Phi) is 5.61. The average molecular weight is 397 g/mol. The summed E-state index contributed by atoms with van der Waals surface area (Å²) in [4.78, 5) is 26.7. The van der Waals surface area contributed by atoms with E-state index in [4.69, 9.17) is 9.84 Å². The Hall–Kier alpha value is -3.38. The molecule has 0 spiro atoms. The lowest BCUT2D eigenvalue weighted by molar-refractivity contribution is 0.0690. The molecule has 4 rings (SSSR count). The highest BCUT2D eigenvalue weighted by Crippen LogP contribution is 2.44. The van der Waals surface area contributed by atoms with Crippen LogP contribution in [0.25, 0.3) is 11.1 Å². The smallest absolute Gasteiger partial charge is 0.411 e. The van der Waals surface area contributed by atoms with Gasteiger partial charge in [-0.25, -0.2) is 14.6 Å². The quantitative estimate of drug-likeness (QED) is 0.674. The standard InChI is InChI=1S/C21H16N2O4.ClH/c24-20(25)19-10-9-13(11-22-19)23-21(26)27-12-18-16-7-3-1-5-14(16)15-6-2-4-8-17(15)18;/h1-11,18H,12H2,(H,23,26)(H,24,25);1H. The number of carbonyl (C=O) groups is 2. The van der Waals surface area contributed by atoms with E-state index in [1.807, 2.05) is 24.3 Å². The molecule has 1 aromatic heterocycles. The van der Waals surface area contributed by atoms with Crippen molar-refractivity contribution < 1.29 is 19.4 Å². The molecule has 0 saturated carbocycles. The zero-order chi connectivity index (χ0) is 18.8. The summed E-state index contributed by atoms with van der Waals surface area (Å²) in [6.45, 7) is 0.209. The van der Waals surface area contributed by atoms with Crippen molar-refractivity contribution in [1.82, 2.24) is 4.98 Å². The monoisotopic (exact) mass is 396 g/mol. The van der Waals surface area contributed by atoms with E-state index in [1.54, 1.807) is 0 Å². The first-order chi connectivity index (χ1) is 13.1. The van der Waals surface area contributed by atoms with Crippen molar-refractivity contribution in [2.24, 2.45) is 0 Å². The SMILES string of the molecule is Cl.O=C(Nc1ccc(C(=O)O)nc1)OCC1c2ccccc2-c2ccccc21. The molecule has 2 N–H and O–H groups in total. The van der Waals surface area contributed by atoms with Crippen LogP contribution in [0.1, 0.15) is 27.5 Å². The number of aromatic nitrogens is 1. The Balaban J connectivity index is 0.00000225. The van der Waals surface area contributed by atoms with Crippen molar-refractivity contribution in [3.8, 4) is 11.1 Å². The number of fused-ring (bicyclic) bond motifs is 3. The van der Waals surface area contributed by atoms with Crippen LogP contribution in [0.3, 0.4) is 0 Å². The van der Waals surface area contributed by atoms with E-state index in [1.165, 1.54) is 18.3 Å². The number of halogens is 1. The zero-order valence-electron chi connectivity index (χ0n) is 14.7. The summed E-state index contributed by atoms with van der Waals surface area (Å²) in [5, 5.41) is 11.4. The first kappa shape index (κ1) is 19.4. The maximum absolute atomic E-state index is 12.1. The van der Waals surface area contributed by atoms with Crippen LogP contribution in [0.15, 0.2) is 66.9 Å². The number of rotatable bonds is 4. The van der Waals surface area contributed by atoms with Crippen molar-refractivity contribution in [1.29, 1.82) is 0 Å². The molecule has 1 amide bonds. The molecule has 1 heterocycles. The van der Waals surface area contributed by atoms with Gasteiger partial charge in [0, 0.05) is 5.92 Å². The molecule has 1 aliphatic rings. The fraction of sp³-hybridized carbons (Fsp3) is 0.0952. The molecule has 0 fully saturated rings. The van der Waals surface area contributed by atoms with E-state index in [9.17, 15) is 9.59 Å². The molecule has 28 heavy (non-hydrogen) atoms. The lowest BCUT2D eigenvalue weighted by Crippen LogP contribution is -2.18. The maximum Gasteiger partial charge on any atom is 0.411 e. The highest BCUT2D eigenvalue weighted by molar-refractivity contribution is 5.87. The van der Waals surface area contributed by atoms with Crippen molar-refractivity contribution in [2.75, 3.05) is 11.9 Å². The summed E-state index contributed by atoms with van der Waals surface area (Å²) in [6, 6.07) is 19.0. The Labute approximate surface area is 167 Å². The predicted molar refractivity (Wildman–Crippen MR) is 107 cm³/mol. The summed E-state index contributed by atoms with van der Waals surface area (Å²) in [5.74, 6) is -1.14. The Morgan fingerprint density at radius 2 is 1.57 bits per heavy atom. The van der Waals surface area contributed by atoms with E-state index < -0.39 is 12.1 Å². The van der Waals surface area contributed by atoms with Gasteiger partial charge in [0.05, 0.1) is 11.9 Å². The minimum Gasteiger partial charge on any atom is -0.477 e. The number of benzene rings is 2. The van der Waals surface area contributed by atoms with E-state index in [0.717, 1.165) is 22.3 Å². The Bertz CT molecular complexity index is 975. The number of ether oxygens (including phenoxy) is 1. The molecule has 0 radical (unpaired) electrons. The van der Waals surface area contributed by atoms with Gasteiger partial charge in [-0.1, -0.05) is 48.5 Å². The fourth-order valence-electron chi connectivity index (χ4n) is 3.35. The molecule has 6 nitrogen and oxygen atoms in total. The maximum atomic E-state index is 12.1. The van der Waals surface area contributed by atoms with Gasteiger partial charge in [-0.05, 0) is 34.4 Å². The largest absolute Gasteiger partial charge is 0.477 e. The Morgan fingerprint density at radius 1 is 0.964 bits per heavy atom. The number of aromatic carboxylic acids is 1. The molecule has 1 aliphatic carbocycles. The third-order valence-electron chi connectivity index (χ3n) is 4.57. The molecule has 0 atom stereocenters. The van der Waals surface area contributed by atoms with Crippen molar-refractivity contribution >= 4 is 30.2 Å². The number of hydrogen-bond acceptors (Lipinski definition) is 4. The van der Waals surface area contributed by atoms with Gasteiger partial charge in [0.15, 0.2) is 0 Å². The van der Waals surface area contributed by atoms with Gasteiger partial charge >= 0.3 is 12.1 Å². The van der Waals surface area contributed by atoms with Crippen LogP contribution in [0.4, 0.5) is 10.5 Å². The number of anilines is 1. The van der Waals surface area contributed by atoms with E-state index in [2.05, 4.69) is 34.6 Å². The molecule has 0 aliphatic heterocycles. The van der Waals surface area contributed by atoms with Crippen LogP contribution in [0.5, 0.6) is 0 Å². The number of carboxylic acids is 1. The van der Waals surface area contributed by atoms with Gasteiger partial charge < -0.3 is 9.84 Å². The number of amides is 1. The number of nitrogens with one attached hydrogen (secondary N) is 1. The molecular formula is C21H17ClN2O4. The summed E-state index contributed by atoms with van der Waals surface area (Å²) in [7, 11) is 0. The summed E-state index contributed by atoms with van der Waals surface area (Å²) >= 11 is 0. The number of hydrogen-bond donors (Lipinski definition) is 2. The van der Waals surface area contributed by atoms with Gasteiger partial charge in [-0.2, -0.15) is 0 Å². The summed E-state index contributed by atoms with van der Waals surface area (Å²) < 4.78 is 5.43. The minimum absolute atomic E-state index is 0. The number of pyridine rings is 1. The second kappa shape index (κ2) is 8.10. The van der Waals surface area contributed by atoms with E-state index in [0.29, 0.717) is 5.69 Å². The molecular weight excluding hydrogens is 380 g/mol. The topological polar surface area (TPSA) is 88.5 Å². The third-order valence-corrected chi connectivity index (χ3v) is 4.57. The lowest BCUT2D eigenvalue weighted by Gasteiger charge is -2.14. The number of nitrogens with zero attached hydrogens (tertiary/aromatic N) is 1. The highest BCUT2D eigenvalue weighted by Gasteiger charge is 2.28. The molecule has 142 valence electrons. The second-order valence-electron chi connectivity index (χ2n) is 6.19. The van der Waals surface area contributed by atoms with Crippen LogP contribution < -0.4 is 5.32 Å². The van der Waals surface area contributed by atoms with E-state index in [-0.39, 0.29) is 30.6 Å². The summed E-state index contributed by atoms with van der Waals surface area (Å²) in [6.07, 6.45) is 0.673. The molecule has 2 aromatic carbocycles. The first-order valence-electron chi connectivity index (χ1n) is 8.45. The number of carboxylic acid groups (broad SMARTS) is 1. The zero-order valence-corrected chi connectivity index (χ0v) is 15.5. The normalized spacial score (nSPS) is 11.7. The molecule has 3 aromatic rings. The number of carbonyl (C=O) groups excluding carboxylic acids is 1. The third kappa shape index (κ3) is 3.68. The van der Waals surface area contributed by atoms with Gasteiger partial charge in [-0.3, -0.25) is 5.32 Å².